The Labute approximate surface area is 102 Å². The SMILES string of the molecule is Cc1ccc(CCC(=O)N2CC[C@H](O)C2)cc1. The second-order valence-corrected chi connectivity index (χ2v) is 4.77. The van der Waals surface area contributed by atoms with Crippen molar-refractivity contribution in [2.45, 2.75) is 32.3 Å². The van der Waals surface area contributed by atoms with Gasteiger partial charge in [0.15, 0.2) is 0 Å². The predicted molar refractivity (Wildman–Crippen MR) is 66.7 cm³/mol. The van der Waals surface area contributed by atoms with Gasteiger partial charge in [-0.15, -0.1) is 0 Å². The molecule has 0 aromatic heterocycles. The Morgan fingerprint density at radius 2 is 2.12 bits per heavy atom. The Kier molecular flexibility index (Phi) is 3.79. The first-order valence-corrected chi connectivity index (χ1v) is 6.16. The number of aliphatic hydroxyl groups excluding tert-OH is 1. The quantitative estimate of drug-likeness (QED) is 0.860. The molecule has 1 amide bonds. The van der Waals surface area contributed by atoms with Crippen LogP contribution in [0.25, 0.3) is 0 Å². The van der Waals surface area contributed by atoms with Crippen molar-refractivity contribution in [2.24, 2.45) is 0 Å². The van der Waals surface area contributed by atoms with Crippen LogP contribution >= 0.6 is 0 Å². The summed E-state index contributed by atoms with van der Waals surface area (Å²) in [7, 11) is 0. The molecule has 1 aromatic carbocycles. The molecule has 2 rings (SSSR count). The van der Waals surface area contributed by atoms with Gasteiger partial charge in [-0.3, -0.25) is 4.79 Å². The smallest absolute Gasteiger partial charge is 0.222 e. The van der Waals surface area contributed by atoms with Gasteiger partial charge in [0.05, 0.1) is 6.10 Å². The van der Waals surface area contributed by atoms with Gasteiger partial charge in [-0.25, -0.2) is 0 Å². The highest BCUT2D eigenvalue weighted by Crippen LogP contribution is 2.12. The van der Waals surface area contributed by atoms with E-state index in [-0.39, 0.29) is 12.0 Å². The monoisotopic (exact) mass is 233 g/mol. The minimum absolute atomic E-state index is 0.155. The van der Waals surface area contributed by atoms with E-state index >= 15 is 0 Å². The van der Waals surface area contributed by atoms with Crippen molar-refractivity contribution in [3.05, 3.63) is 35.4 Å². The average Bonchev–Trinajstić information content (AvgIpc) is 2.75. The molecule has 1 saturated heterocycles. The number of carbonyl (C=O) groups excluding carboxylic acids is 1. The van der Waals surface area contributed by atoms with E-state index in [4.69, 9.17) is 0 Å². The standard InChI is InChI=1S/C14H19NO2/c1-11-2-4-12(5-3-11)6-7-14(17)15-9-8-13(16)10-15/h2-5,13,16H,6-10H2,1H3/t13-/m0/s1. The fraction of sp³-hybridized carbons (Fsp3) is 0.500. The molecule has 0 bridgehead atoms. The number of nitrogens with zero attached hydrogens (tertiary/aromatic N) is 1. The highest BCUT2D eigenvalue weighted by atomic mass is 16.3. The molecule has 3 heteroatoms. The summed E-state index contributed by atoms with van der Waals surface area (Å²) in [5, 5.41) is 9.37. The van der Waals surface area contributed by atoms with Gasteiger partial charge in [0.25, 0.3) is 0 Å². The molecule has 1 aliphatic rings. The van der Waals surface area contributed by atoms with Gasteiger partial charge in [0, 0.05) is 19.5 Å². The number of aryl methyl sites for hydroxylation is 2. The van der Waals surface area contributed by atoms with Crippen molar-refractivity contribution >= 4 is 5.91 Å². The third-order valence-electron chi connectivity index (χ3n) is 3.26. The Morgan fingerprint density at radius 1 is 1.41 bits per heavy atom. The normalized spacial score (nSPS) is 19.6. The molecule has 0 unspecified atom stereocenters. The van der Waals surface area contributed by atoms with Crippen LogP contribution in [0.1, 0.15) is 24.0 Å². The molecule has 1 aromatic rings. The summed E-state index contributed by atoms with van der Waals surface area (Å²) in [5.74, 6) is 0.155. The Morgan fingerprint density at radius 3 is 2.71 bits per heavy atom. The number of hydrogen-bond acceptors (Lipinski definition) is 2. The van der Waals surface area contributed by atoms with Crippen molar-refractivity contribution in [2.75, 3.05) is 13.1 Å². The van der Waals surface area contributed by atoms with Gasteiger partial charge < -0.3 is 10.0 Å². The van der Waals surface area contributed by atoms with Crippen LogP contribution in [0.15, 0.2) is 24.3 Å². The van der Waals surface area contributed by atoms with E-state index < -0.39 is 0 Å². The summed E-state index contributed by atoms with van der Waals surface area (Å²) in [6, 6.07) is 8.28. The highest BCUT2D eigenvalue weighted by molar-refractivity contribution is 5.76. The van der Waals surface area contributed by atoms with Gasteiger partial charge in [-0.05, 0) is 25.3 Å². The summed E-state index contributed by atoms with van der Waals surface area (Å²) in [6.45, 7) is 3.27. The molecule has 1 atom stereocenters. The lowest BCUT2D eigenvalue weighted by atomic mass is 10.1. The van der Waals surface area contributed by atoms with E-state index in [0.29, 0.717) is 19.5 Å². The molecule has 0 radical (unpaired) electrons. The van der Waals surface area contributed by atoms with Crippen LogP contribution in [0, 0.1) is 6.92 Å². The summed E-state index contributed by atoms with van der Waals surface area (Å²) < 4.78 is 0. The first-order valence-electron chi connectivity index (χ1n) is 6.16. The number of benzene rings is 1. The van der Waals surface area contributed by atoms with Gasteiger partial charge >= 0.3 is 0 Å². The van der Waals surface area contributed by atoms with Crippen LogP contribution in [0.4, 0.5) is 0 Å². The van der Waals surface area contributed by atoms with Crippen molar-refractivity contribution < 1.29 is 9.90 Å². The molecular weight excluding hydrogens is 214 g/mol. The van der Waals surface area contributed by atoms with E-state index in [1.54, 1.807) is 4.90 Å². The lowest BCUT2D eigenvalue weighted by molar-refractivity contribution is -0.130. The topological polar surface area (TPSA) is 40.5 Å². The van der Waals surface area contributed by atoms with E-state index in [2.05, 4.69) is 31.2 Å². The van der Waals surface area contributed by atoms with E-state index in [9.17, 15) is 9.90 Å². The molecule has 1 N–H and O–H groups in total. The molecule has 3 nitrogen and oxygen atoms in total. The molecule has 0 spiro atoms. The number of hydrogen-bond donors (Lipinski definition) is 1. The van der Waals surface area contributed by atoms with E-state index in [0.717, 1.165) is 12.8 Å². The Bertz CT molecular complexity index is 386. The molecular formula is C14H19NO2. The zero-order valence-electron chi connectivity index (χ0n) is 10.2. The van der Waals surface area contributed by atoms with Gasteiger partial charge in [-0.1, -0.05) is 29.8 Å². The highest BCUT2D eigenvalue weighted by Gasteiger charge is 2.23. The minimum atomic E-state index is -0.321. The summed E-state index contributed by atoms with van der Waals surface area (Å²) in [6.07, 6.45) is 1.72. The molecule has 0 aliphatic carbocycles. The van der Waals surface area contributed by atoms with E-state index in [1.807, 2.05) is 0 Å². The first kappa shape index (κ1) is 12.1. The second kappa shape index (κ2) is 5.32. The van der Waals surface area contributed by atoms with Gasteiger partial charge in [0.2, 0.25) is 5.91 Å². The van der Waals surface area contributed by atoms with Crippen molar-refractivity contribution in [1.82, 2.24) is 4.90 Å². The number of likely N-dealkylation sites (tertiary alicyclic amines) is 1. The van der Waals surface area contributed by atoms with Gasteiger partial charge in [-0.2, -0.15) is 0 Å². The molecule has 0 saturated carbocycles. The molecule has 1 aliphatic heterocycles. The predicted octanol–water partition coefficient (Wildman–Crippen LogP) is 1.52. The molecule has 17 heavy (non-hydrogen) atoms. The summed E-state index contributed by atoms with van der Waals surface area (Å²) in [4.78, 5) is 13.6. The van der Waals surface area contributed by atoms with Gasteiger partial charge in [0.1, 0.15) is 0 Å². The third-order valence-corrected chi connectivity index (χ3v) is 3.26. The summed E-state index contributed by atoms with van der Waals surface area (Å²) >= 11 is 0. The molecule has 1 heterocycles. The maximum absolute atomic E-state index is 11.8. The minimum Gasteiger partial charge on any atom is -0.391 e. The summed E-state index contributed by atoms with van der Waals surface area (Å²) in [5.41, 5.74) is 2.44. The van der Waals surface area contributed by atoms with Crippen molar-refractivity contribution in [3.8, 4) is 0 Å². The fourth-order valence-corrected chi connectivity index (χ4v) is 2.13. The van der Waals surface area contributed by atoms with Crippen molar-refractivity contribution in [3.63, 3.8) is 0 Å². The number of amides is 1. The van der Waals surface area contributed by atoms with Crippen LogP contribution in [-0.4, -0.2) is 35.1 Å². The maximum atomic E-state index is 11.8. The number of β-amino-alcohol motifs (C(OH)–C–C–N with tert-alkyl or cyclic N) is 1. The second-order valence-electron chi connectivity index (χ2n) is 4.77. The number of rotatable bonds is 3. The van der Waals surface area contributed by atoms with Crippen LogP contribution in [-0.2, 0) is 11.2 Å². The molecule has 92 valence electrons. The average molecular weight is 233 g/mol. The lowest BCUT2D eigenvalue weighted by Crippen LogP contribution is -2.29. The largest absolute Gasteiger partial charge is 0.391 e. The zero-order valence-corrected chi connectivity index (χ0v) is 10.2. The van der Waals surface area contributed by atoms with Crippen LogP contribution in [0.3, 0.4) is 0 Å². The molecule has 1 fully saturated rings. The Balaban J connectivity index is 1.82. The van der Waals surface area contributed by atoms with Crippen LogP contribution < -0.4 is 0 Å². The fourth-order valence-electron chi connectivity index (χ4n) is 2.13. The van der Waals surface area contributed by atoms with E-state index in [1.165, 1.54) is 11.1 Å². The van der Waals surface area contributed by atoms with Crippen molar-refractivity contribution in [1.29, 1.82) is 0 Å². The van der Waals surface area contributed by atoms with Crippen LogP contribution in [0.5, 0.6) is 0 Å². The first-order chi connectivity index (χ1) is 8.15. The zero-order chi connectivity index (χ0) is 12.3. The van der Waals surface area contributed by atoms with Crippen LogP contribution in [0.2, 0.25) is 0 Å². The maximum Gasteiger partial charge on any atom is 0.222 e. The third kappa shape index (κ3) is 3.30. The lowest BCUT2D eigenvalue weighted by Gasteiger charge is -2.15. The number of aliphatic hydroxyl groups is 1. The number of carbonyl (C=O) groups is 1. The Hall–Kier alpha value is -1.35.